The maximum atomic E-state index is 12.6. The quantitative estimate of drug-likeness (QED) is 0.359. The number of methoxy groups -OCH3 is 2. The summed E-state index contributed by atoms with van der Waals surface area (Å²) in [7, 11) is 2.23. The van der Waals surface area contributed by atoms with Crippen LogP contribution in [-0.4, -0.2) is 26.2 Å². The SMILES string of the molecule is COC(=O)c1cc(C(=O)OC)c2c(c1)c1ccccc1[s+]2-c1ccccc1. The van der Waals surface area contributed by atoms with Crippen molar-refractivity contribution in [3.8, 4) is 4.90 Å². The molecular weight excluding hydrogens is 360 g/mol. The number of benzene rings is 3. The summed E-state index contributed by atoms with van der Waals surface area (Å²) in [6.45, 7) is 0. The normalized spacial score (nSPS) is 11.6. The summed E-state index contributed by atoms with van der Waals surface area (Å²) in [6, 6.07) is 21.5. The summed E-state index contributed by atoms with van der Waals surface area (Å²) < 4.78 is 11.9. The molecule has 0 aliphatic rings. The van der Waals surface area contributed by atoms with Crippen molar-refractivity contribution in [1.82, 2.24) is 0 Å². The molecule has 134 valence electrons. The molecule has 0 N–H and O–H groups in total. The van der Waals surface area contributed by atoms with Crippen molar-refractivity contribution >= 4 is 42.6 Å². The summed E-state index contributed by atoms with van der Waals surface area (Å²) in [6.07, 6.45) is 0. The topological polar surface area (TPSA) is 52.6 Å². The lowest BCUT2D eigenvalue weighted by Crippen LogP contribution is -2.06. The van der Waals surface area contributed by atoms with Crippen molar-refractivity contribution < 1.29 is 19.1 Å². The summed E-state index contributed by atoms with van der Waals surface area (Å²) in [5.41, 5.74) is 0.740. The Kier molecular flexibility index (Phi) is 4.38. The number of carbonyl (C=O) groups is 2. The van der Waals surface area contributed by atoms with Crippen LogP contribution < -0.4 is 0 Å². The van der Waals surface area contributed by atoms with Crippen LogP contribution in [0, 0.1) is 0 Å². The number of fused-ring (bicyclic) bond motifs is 3. The first-order valence-corrected chi connectivity index (χ1v) is 9.61. The fraction of sp³-hybridized carbons (Fsp3) is 0.0909. The van der Waals surface area contributed by atoms with E-state index in [1.165, 1.54) is 14.2 Å². The summed E-state index contributed by atoms with van der Waals surface area (Å²) >= 11 is 0. The molecule has 1 unspecified atom stereocenters. The lowest BCUT2D eigenvalue weighted by Gasteiger charge is -2.04. The maximum absolute atomic E-state index is 12.6. The molecule has 0 spiro atoms. The highest BCUT2D eigenvalue weighted by Crippen LogP contribution is 2.50. The minimum absolute atomic E-state index is 0.338. The molecule has 0 aliphatic heterocycles. The summed E-state index contributed by atoms with van der Waals surface area (Å²) in [5.74, 6) is -0.940. The zero-order valence-corrected chi connectivity index (χ0v) is 15.7. The number of carbonyl (C=O) groups excluding carboxylic acids is 2. The van der Waals surface area contributed by atoms with Crippen molar-refractivity contribution in [3.05, 3.63) is 77.9 Å². The van der Waals surface area contributed by atoms with Gasteiger partial charge in [0.1, 0.15) is 5.56 Å². The Bertz CT molecular complexity index is 1180. The predicted octanol–water partition coefficient (Wildman–Crippen LogP) is 5.30. The van der Waals surface area contributed by atoms with Crippen molar-refractivity contribution in [3.63, 3.8) is 0 Å². The number of hydrogen-bond acceptors (Lipinski definition) is 4. The van der Waals surface area contributed by atoms with Gasteiger partial charge in [0.05, 0.1) is 19.8 Å². The average Bonchev–Trinajstić information content (AvgIpc) is 3.07. The lowest BCUT2D eigenvalue weighted by atomic mass is 10.0. The second-order valence-electron chi connectivity index (χ2n) is 6.00. The van der Waals surface area contributed by atoms with Crippen LogP contribution in [0.1, 0.15) is 20.7 Å². The molecule has 27 heavy (non-hydrogen) atoms. The summed E-state index contributed by atoms with van der Waals surface area (Å²) in [4.78, 5) is 25.9. The van der Waals surface area contributed by atoms with Gasteiger partial charge in [-0.25, -0.2) is 9.59 Å². The third-order valence-electron chi connectivity index (χ3n) is 4.50. The summed E-state index contributed by atoms with van der Waals surface area (Å²) in [5, 5.41) is 1.90. The smallest absolute Gasteiger partial charge is 0.343 e. The Labute approximate surface area is 158 Å². The first kappa shape index (κ1) is 17.2. The molecule has 1 aromatic heterocycles. The van der Waals surface area contributed by atoms with E-state index in [9.17, 15) is 9.59 Å². The van der Waals surface area contributed by atoms with E-state index in [4.69, 9.17) is 9.47 Å². The van der Waals surface area contributed by atoms with Crippen molar-refractivity contribution in [2.24, 2.45) is 0 Å². The molecule has 0 bridgehead atoms. The molecule has 1 heterocycles. The zero-order chi connectivity index (χ0) is 19.0. The van der Waals surface area contributed by atoms with Gasteiger partial charge < -0.3 is 9.47 Å². The molecule has 5 heteroatoms. The highest BCUT2D eigenvalue weighted by Gasteiger charge is 2.30. The fourth-order valence-corrected chi connectivity index (χ4v) is 5.83. The minimum atomic E-state index is -0.480. The van der Waals surface area contributed by atoms with Crippen LogP contribution in [0.4, 0.5) is 0 Å². The van der Waals surface area contributed by atoms with E-state index in [0.717, 1.165) is 25.1 Å². The number of ether oxygens (including phenoxy) is 2. The Morgan fingerprint density at radius 1 is 0.778 bits per heavy atom. The molecule has 4 nitrogen and oxygen atoms in total. The molecule has 4 aromatic rings. The van der Waals surface area contributed by atoms with Crippen LogP contribution in [0.25, 0.3) is 25.1 Å². The van der Waals surface area contributed by atoms with E-state index in [1.54, 1.807) is 6.07 Å². The first-order valence-electron chi connectivity index (χ1n) is 8.39. The lowest BCUT2D eigenvalue weighted by molar-refractivity contribution is 0.0600. The van der Waals surface area contributed by atoms with Gasteiger partial charge in [0.2, 0.25) is 4.70 Å². The van der Waals surface area contributed by atoms with Gasteiger partial charge in [-0.2, -0.15) is 0 Å². The molecule has 0 amide bonds. The fourth-order valence-electron chi connectivity index (χ4n) is 3.32. The molecule has 3 aromatic carbocycles. The van der Waals surface area contributed by atoms with E-state index < -0.39 is 22.4 Å². The molecule has 0 saturated heterocycles. The molecule has 0 aliphatic carbocycles. The van der Waals surface area contributed by atoms with Crippen LogP contribution in [0.3, 0.4) is 0 Å². The van der Waals surface area contributed by atoms with E-state index in [-0.39, 0.29) is 0 Å². The maximum Gasteiger partial charge on any atom is 0.343 e. The molecule has 4 rings (SSSR count). The van der Waals surface area contributed by atoms with E-state index in [0.29, 0.717) is 11.1 Å². The van der Waals surface area contributed by atoms with E-state index >= 15 is 0 Å². The first-order chi connectivity index (χ1) is 13.2. The van der Waals surface area contributed by atoms with E-state index in [2.05, 4.69) is 18.2 Å². The molecular formula is C22H17O4S+. The minimum Gasteiger partial charge on any atom is -0.465 e. The van der Waals surface area contributed by atoms with Gasteiger partial charge in [-0.1, -0.05) is 30.3 Å². The average molecular weight is 377 g/mol. The number of rotatable bonds is 3. The van der Waals surface area contributed by atoms with Gasteiger partial charge in [-0.3, -0.25) is 0 Å². The Morgan fingerprint density at radius 2 is 1.44 bits per heavy atom. The predicted molar refractivity (Wildman–Crippen MR) is 108 cm³/mol. The van der Waals surface area contributed by atoms with Gasteiger partial charge in [0.25, 0.3) is 0 Å². The number of esters is 2. The molecule has 1 atom stereocenters. The molecule has 0 fully saturated rings. The monoisotopic (exact) mass is 377 g/mol. The number of thiophene rings is 1. The van der Waals surface area contributed by atoms with Crippen LogP contribution in [-0.2, 0) is 9.47 Å². The van der Waals surface area contributed by atoms with Gasteiger partial charge in [-0.15, -0.1) is 0 Å². The second-order valence-corrected chi connectivity index (χ2v) is 7.93. The second kappa shape index (κ2) is 6.85. The van der Waals surface area contributed by atoms with Crippen LogP contribution >= 0.6 is 10.5 Å². The van der Waals surface area contributed by atoms with Crippen LogP contribution in [0.2, 0.25) is 0 Å². The highest BCUT2D eigenvalue weighted by atomic mass is 32.2. The Balaban J connectivity index is 2.22. The highest BCUT2D eigenvalue weighted by molar-refractivity contribution is 7.50. The van der Waals surface area contributed by atoms with Gasteiger partial charge in [-0.05, 0) is 36.4 Å². The number of hydrogen-bond donors (Lipinski definition) is 0. The molecule has 0 saturated carbocycles. The van der Waals surface area contributed by atoms with Crippen molar-refractivity contribution in [1.29, 1.82) is 0 Å². The largest absolute Gasteiger partial charge is 0.465 e. The van der Waals surface area contributed by atoms with Crippen molar-refractivity contribution in [2.45, 2.75) is 0 Å². The standard InChI is InChI=1S/C22H17O4S/c1-25-21(23)14-12-17-16-10-6-7-11-19(16)27(15-8-4-3-5-9-15)20(17)18(13-14)22(24)26-2/h3-13H,1-2H3/q+1. The Hall–Kier alpha value is -3.18. The Morgan fingerprint density at radius 3 is 2.15 bits per heavy atom. The van der Waals surface area contributed by atoms with Gasteiger partial charge in [0.15, 0.2) is 9.60 Å². The van der Waals surface area contributed by atoms with Gasteiger partial charge >= 0.3 is 11.9 Å². The third-order valence-corrected chi connectivity index (χ3v) is 6.88. The van der Waals surface area contributed by atoms with Gasteiger partial charge in [0, 0.05) is 21.2 Å². The third kappa shape index (κ3) is 2.76. The van der Waals surface area contributed by atoms with Crippen molar-refractivity contribution in [2.75, 3.05) is 14.2 Å². The van der Waals surface area contributed by atoms with Crippen LogP contribution in [0.15, 0.2) is 66.7 Å². The molecule has 0 radical (unpaired) electrons. The van der Waals surface area contributed by atoms with Crippen LogP contribution in [0.5, 0.6) is 0 Å². The van der Waals surface area contributed by atoms with E-state index in [1.807, 2.05) is 42.5 Å². The zero-order valence-electron chi connectivity index (χ0n) is 14.9.